The van der Waals surface area contributed by atoms with Gasteiger partial charge in [-0.3, -0.25) is 14.2 Å². The van der Waals surface area contributed by atoms with Crippen molar-refractivity contribution in [1.29, 1.82) is 0 Å². The van der Waals surface area contributed by atoms with E-state index in [9.17, 15) is 18.0 Å². The number of carbonyl (C=O) groups is 1. The van der Waals surface area contributed by atoms with E-state index < -0.39 is 11.9 Å². The zero-order valence-corrected chi connectivity index (χ0v) is 14.0. The molecule has 0 spiro atoms. The molecule has 0 bridgehead atoms. The van der Waals surface area contributed by atoms with Crippen molar-refractivity contribution < 1.29 is 18.0 Å². The number of aryl methyl sites for hydroxylation is 2. The second-order valence-electron chi connectivity index (χ2n) is 5.88. The average molecular weight is 343 g/mol. The molecule has 1 amide bonds. The average Bonchev–Trinajstić information content (AvgIpc) is 3.02. The Bertz CT molecular complexity index is 730. The number of aromatic nitrogens is 4. The van der Waals surface area contributed by atoms with Crippen molar-refractivity contribution in [3.05, 3.63) is 34.9 Å². The van der Waals surface area contributed by atoms with Gasteiger partial charge in [-0.25, -0.2) is 0 Å². The van der Waals surface area contributed by atoms with E-state index in [1.54, 1.807) is 20.0 Å². The molecule has 6 nitrogen and oxygen atoms in total. The van der Waals surface area contributed by atoms with Gasteiger partial charge >= 0.3 is 6.18 Å². The van der Waals surface area contributed by atoms with Gasteiger partial charge in [0.05, 0.1) is 12.2 Å². The number of rotatable bonds is 5. The number of nitrogens with zero attached hydrogens (tertiary/aromatic N) is 4. The summed E-state index contributed by atoms with van der Waals surface area (Å²) in [6.07, 6.45) is -4.47. The van der Waals surface area contributed by atoms with Crippen molar-refractivity contribution in [1.82, 2.24) is 24.9 Å². The van der Waals surface area contributed by atoms with Crippen molar-refractivity contribution in [2.24, 2.45) is 7.05 Å². The highest BCUT2D eigenvalue weighted by Gasteiger charge is 2.34. The summed E-state index contributed by atoms with van der Waals surface area (Å²) in [6.45, 7) is 5.81. The quantitative estimate of drug-likeness (QED) is 0.907. The second kappa shape index (κ2) is 6.66. The summed E-state index contributed by atoms with van der Waals surface area (Å²) in [7, 11) is 1.67. The molecule has 0 aromatic carbocycles. The lowest BCUT2D eigenvalue weighted by Gasteiger charge is -2.07. The van der Waals surface area contributed by atoms with E-state index in [2.05, 4.69) is 15.5 Å². The molecule has 0 radical (unpaired) electrons. The molecule has 0 atom stereocenters. The van der Waals surface area contributed by atoms with Gasteiger partial charge in [-0.15, -0.1) is 0 Å². The molecule has 132 valence electrons. The number of alkyl halides is 3. The molecule has 24 heavy (non-hydrogen) atoms. The normalized spacial score (nSPS) is 12.0. The van der Waals surface area contributed by atoms with Crippen LogP contribution in [0.25, 0.3) is 0 Å². The van der Waals surface area contributed by atoms with Crippen LogP contribution in [0.1, 0.15) is 47.3 Å². The minimum Gasteiger partial charge on any atom is -0.349 e. The van der Waals surface area contributed by atoms with Crippen LogP contribution in [0, 0.1) is 6.92 Å². The van der Waals surface area contributed by atoms with Crippen molar-refractivity contribution in [3.63, 3.8) is 0 Å². The predicted molar refractivity (Wildman–Crippen MR) is 81.6 cm³/mol. The summed E-state index contributed by atoms with van der Waals surface area (Å²) >= 11 is 0. The molecule has 2 heterocycles. The number of amides is 1. The fraction of sp³-hybridized carbons (Fsp3) is 0.533. The van der Waals surface area contributed by atoms with Gasteiger partial charge in [0.2, 0.25) is 0 Å². The first-order valence-electron chi connectivity index (χ1n) is 7.53. The minimum atomic E-state index is -4.47. The van der Waals surface area contributed by atoms with E-state index in [4.69, 9.17) is 0 Å². The van der Waals surface area contributed by atoms with Crippen LogP contribution in [0.15, 0.2) is 12.1 Å². The Kier molecular flexibility index (Phi) is 5.00. The van der Waals surface area contributed by atoms with Crippen LogP contribution in [-0.4, -0.2) is 32.0 Å². The first kappa shape index (κ1) is 18.0. The van der Waals surface area contributed by atoms with E-state index in [-0.39, 0.29) is 24.9 Å². The molecule has 0 unspecified atom stereocenters. The summed E-state index contributed by atoms with van der Waals surface area (Å²) < 4.78 is 40.5. The fourth-order valence-electron chi connectivity index (χ4n) is 2.23. The van der Waals surface area contributed by atoms with Gasteiger partial charge in [0.1, 0.15) is 5.69 Å². The number of hydrogen-bond donors (Lipinski definition) is 1. The topological polar surface area (TPSA) is 64.7 Å². The number of carbonyl (C=O) groups excluding carboxylic acids is 1. The highest BCUT2D eigenvalue weighted by Crippen LogP contribution is 2.28. The molecule has 0 saturated heterocycles. The van der Waals surface area contributed by atoms with Crippen LogP contribution in [0.3, 0.4) is 0 Å². The molecule has 0 aliphatic heterocycles. The molecule has 1 N–H and O–H groups in total. The standard InChI is InChI=1S/C15H20F3N5O/c1-9(2)11-8-12(22(4)20-11)14(24)19-5-6-23-10(3)7-13(21-23)15(16,17)18/h7-9H,5-6H2,1-4H3,(H,19,24). The van der Waals surface area contributed by atoms with Gasteiger partial charge in [0, 0.05) is 19.3 Å². The third kappa shape index (κ3) is 3.95. The van der Waals surface area contributed by atoms with E-state index in [0.29, 0.717) is 11.4 Å². The third-order valence-corrected chi connectivity index (χ3v) is 3.60. The van der Waals surface area contributed by atoms with Crippen LogP contribution in [-0.2, 0) is 19.8 Å². The van der Waals surface area contributed by atoms with Crippen LogP contribution in [0.4, 0.5) is 13.2 Å². The lowest BCUT2D eigenvalue weighted by molar-refractivity contribution is -0.141. The third-order valence-electron chi connectivity index (χ3n) is 3.60. The van der Waals surface area contributed by atoms with E-state index in [1.165, 1.54) is 9.36 Å². The van der Waals surface area contributed by atoms with Gasteiger partial charge in [0.25, 0.3) is 5.91 Å². The van der Waals surface area contributed by atoms with Gasteiger partial charge < -0.3 is 5.32 Å². The van der Waals surface area contributed by atoms with Gasteiger partial charge in [0.15, 0.2) is 5.69 Å². The van der Waals surface area contributed by atoms with Gasteiger partial charge in [-0.1, -0.05) is 13.8 Å². The van der Waals surface area contributed by atoms with Crippen LogP contribution in [0.5, 0.6) is 0 Å². The van der Waals surface area contributed by atoms with E-state index >= 15 is 0 Å². The maximum atomic E-state index is 12.6. The molecule has 2 rings (SSSR count). The summed E-state index contributed by atoms with van der Waals surface area (Å²) in [6, 6.07) is 2.69. The van der Waals surface area contributed by atoms with E-state index in [1.807, 2.05) is 13.8 Å². The highest BCUT2D eigenvalue weighted by atomic mass is 19.4. The van der Waals surface area contributed by atoms with Crippen molar-refractivity contribution >= 4 is 5.91 Å². The van der Waals surface area contributed by atoms with Crippen LogP contribution < -0.4 is 5.32 Å². The first-order chi connectivity index (χ1) is 11.1. The largest absolute Gasteiger partial charge is 0.435 e. The SMILES string of the molecule is Cc1cc(C(F)(F)F)nn1CCNC(=O)c1cc(C(C)C)nn1C. The lowest BCUT2D eigenvalue weighted by atomic mass is 10.1. The van der Waals surface area contributed by atoms with Crippen LogP contribution in [0.2, 0.25) is 0 Å². The molecule has 2 aromatic rings. The number of hydrogen-bond acceptors (Lipinski definition) is 3. The van der Waals surface area contributed by atoms with Crippen molar-refractivity contribution in [2.75, 3.05) is 6.54 Å². The lowest BCUT2D eigenvalue weighted by Crippen LogP contribution is -2.29. The van der Waals surface area contributed by atoms with Crippen molar-refractivity contribution in [3.8, 4) is 0 Å². The van der Waals surface area contributed by atoms with E-state index in [0.717, 1.165) is 11.8 Å². The highest BCUT2D eigenvalue weighted by molar-refractivity contribution is 5.92. The molecule has 9 heteroatoms. The Morgan fingerprint density at radius 1 is 1.29 bits per heavy atom. The predicted octanol–water partition coefficient (Wildman–Crippen LogP) is 2.50. The molecular weight excluding hydrogens is 323 g/mol. The Morgan fingerprint density at radius 3 is 2.46 bits per heavy atom. The zero-order valence-electron chi connectivity index (χ0n) is 14.0. The fourth-order valence-corrected chi connectivity index (χ4v) is 2.23. The Hall–Kier alpha value is -2.32. The monoisotopic (exact) mass is 343 g/mol. The van der Waals surface area contributed by atoms with Gasteiger partial charge in [-0.2, -0.15) is 23.4 Å². The maximum absolute atomic E-state index is 12.6. The minimum absolute atomic E-state index is 0.155. The summed E-state index contributed by atoms with van der Waals surface area (Å²) in [4.78, 5) is 12.2. The number of nitrogens with one attached hydrogen (secondary N) is 1. The van der Waals surface area contributed by atoms with Crippen molar-refractivity contribution in [2.45, 2.75) is 39.4 Å². The smallest absolute Gasteiger partial charge is 0.349 e. The molecular formula is C15H20F3N5O. The number of halogens is 3. The zero-order chi connectivity index (χ0) is 18.1. The summed E-state index contributed by atoms with van der Waals surface area (Å²) in [5, 5.41) is 10.4. The summed E-state index contributed by atoms with van der Waals surface area (Å²) in [5.74, 6) is -0.122. The Morgan fingerprint density at radius 2 is 1.96 bits per heavy atom. The van der Waals surface area contributed by atoms with Crippen LogP contribution >= 0.6 is 0 Å². The first-order valence-corrected chi connectivity index (χ1v) is 7.53. The molecule has 0 aliphatic rings. The Balaban J connectivity index is 1.97. The molecule has 0 saturated carbocycles. The molecule has 0 aliphatic carbocycles. The molecule has 0 fully saturated rings. The molecule has 2 aromatic heterocycles. The maximum Gasteiger partial charge on any atom is 0.435 e. The Labute approximate surface area is 137 Å². The second-order valence-corrected chi connectivity index (χ2v) is 5.88. The van der Waals surface area contributed by atoms with Gasteiger partial charge in [-0.05, 0) is 25.0 Å². The summed E-state index contributed by atoms with van der Waals surface area (Å²) in [5.41, 5.74) is 0.672.